The zero-order valence-electron chi connectivity index (χ0n) is 10.1. The van der Waals surface area contributed by atoms with Gasteiger partial charge in [-0.1, -0.05) is 19.0 Å². The van der Waals surface area contributed by atoms with Crippen molar-refractivity contribution in [3.63, 3.8) is 0 Å². The van der Waals surface area contributed by atoms with Crippen molar-refractivity contribution < 1.29 is 4.52 Å². The van der Waals surface area contributed by atoms with Gasteiger partial charge in [-0.05, 0) is 6.42 Å². The molecular formula is C11H17N5O. The Bertz CT molecular complexity index is 450. The van der Waals surface area contributed by atoms with E-state index in [0.717, 1.165) is 17.9 Å². The van der Waals surface area contributed by atoms with E-state index in [1.165, 1.54) is 0 Å². The highest BCUT2D eigenvalue weighted by Gasteiger charge is 2.18. The van der Waals surface area contributed by atoms with Gasteiger partial charge in [0.1, 0.15) is 0 Å². The van der Waals surface area contributed by atoms with E-state index < -0.39 is 0 Å². The molecule has 2 atom stereocenters. The molecule has 0 aromatic carbocycles. The Kier molecular flexibility index (Phi) is 3.53. The van der Waals surface area contributed by atoms with Crippen LogP contribution in [0.5, 0.6) is 0 Å². The molecule has 6 nitrogen and oxygen atoms in total. The summed E-state index contributed by atoms with van der Waals surface area (Å²) in [7, 11) is 0. The van der Waals surface area contributed by atoms with E-state index in [4.69, 9.17) is 10.3 Å². The summed E-state index contributed by atoms with van der Waals surface area (Å²) in [5.74, 6) is 1.50. The molecule has 0 radical (unpaired) electrons. The van der Waals surface area contributed by atoms with E-state index >= 15 is 0 Å². The minimum absolute atomic E-state index is 0.291. The normalized spacial score (nSPS) is 14.8. The van der Waals surface area contributed by atoms with Gasteiger partial charge in [-0.15, -0.1) is 0 Å². The van der Waals surface area contributed by atoms with Crippen molar-refractivity contribution in [2.45, 2.75) is 38.6 Å². The van der Waals surface area contributed by atoms with E-state index in [1.807, 2.05) is 0 Å². The van der Waals surface area contributed by atoms with Gasteiger partial charge in [-0.3, -0.25) is 0 Å². The lowest BCUT2D eigenvalue weighted by molar-refractivity contribution is 0.347. The van der Waals surface area contributed by atoms with Gasteiger partial charge in [0.25, 0.3) is 0 Å². The number of H-pyrrole nitrogens is 1. The Morgan fingerprint density at radius 3 is 3.00 bits per heavy atom. The van der Waals surface area contributed by atoms with Gasteiger partial charge in [0, 0.05) is 24.2 Å². The number of aromatic nitrogens is 4. The molecule has 2 rings (SSSR count). The Morgan fingerprint density at radius 2 is 2.35 bits per heavy atom. The SMILES string of the molecule is CCC(C)c1noc([C@H](N)Cc2cnc[nH]2)n1. The van der Waals surface area contributed by atoms with E-state index in [9.17, 15) is 0 Å². The molecule has 2 aromatic heterocycles. The summed E-state index contributed by atoms with van der Waals surface area (Å²) in [5, 5.41) is 3.95. The molecule has 0 aliphatic carbocycles. The second-order valence-electron chi connectivity index (χ2n) is 4.19. The molecule has 0 aliphatic rings. The summed E-state index contributed by atoms with van der Waals surface area (Å²) in [6.07, 6.45) is 4.96. The number of imidazole rings is 1. The molecule has 0 bridgehead atoms. The predicted octanol–water partition coefficient (Wildman–Crippen LogP) is 1.55. The fourth-order valence-corrected chi connectivity index (χ4v) is 1.50. The molecule has 0 fully saturated rings. The Morgan fingerprint density at radius 1 is 1.53 bits per heavy atom. The van der Waals surface area contributed by atoms with Crippen LogP contribution in [0.1, 0.15) is 49.6 Å². The van der Waals surface area contributed by atoms with Gasteiger partial charge in [0.15, 0.2) is 5.82 Å². The van der Waals surface area contributed by atoms with Crippen molar-refractivity contribution in [3.8, 4) is 0 Å². The second-order valence-corrected chi connectivity index (χ2v) is 4.19. The maximum Gasteiger partial charge on any atom is 0.243 e. The molecule has 3 N–H and O–H groups in total. The summed E-state index contributed by atoms with van der Waals surface area (Å²) >= 11 is 0. The van der Waals surface area contributed by atoms with Crippen molar-refractivity contribution in [1.29, 1.82) is 0 Å². The number of nitrogens with two attached hydrogens (primary N) is 1. The van der Waals surface area contributed by atoms with Crippen LogP contribution < -0.4 is 5.73 Å². The van der Waals surface area contributed by atoms with Crippen LogP contribution in [0.25, 0.3) is 0 Å². The van der Waals surface area contributed by atoms with E-state index in [0.29, 0.717) is 18.2 Å². The quantitative estimate of drug-likeness (QED) is 0.820. The maximum absolute atomic E-state index is 6.00. The molecule has 0 spiro atoms. The average Bonchev–Trinajstić information content (AvgIpc) is 2.98. The molecule has 17 heavy (non-hydrogen) atoms. The van der Waals surface area contributed by atoms with Crippen molar-refractivity contribution >= 4 is 0 Å². The number of nitrogens with zero attached hydrogens (tertiary/aromatic N) is 3. The van der Waals surface area contributed by atoms with Crippen LogP contribution in [0, 0.1) is 0 Å². The standard InChI is InChI=1S/C11H17N5O/c1-3-7(2)10-15-11(17-16-10)9(12)4-8-5-13-6-14-8/h5-7,9H,3-4,12H2,1-2H3,(H,13,14)/t7?,9-/m1/s1. The lowest BCUT2D eigenvalue weighted by Crippen LogP contribution is -2.14. The summed E-state index contributed by atoms with van der Waals surface area (Å²) < 4.78 is 5.18. The second kappa shape index (κ2) is 5.09. The number of nitrogens with one attached hydrogen (secondary N) is 1. The maximum atomic E-state index is 6.00. The third kappa shape index (κ3) is 2.71. The first-order valence-electron chi connectivity index (χ1n) is 5.77. The van der Waals surface area contributed by atoms with Crippen LogP contribution in [0.15, 0.2) is 17.0 Å². The van der Waals surface area contributed by atoms with E-state index in [-0.39, 0.29) is 6.04 Å². The van der Waals surface area contributed by atoms with Crippen molar-refractivity contribution in [3.05, 3.63) is 29.9 Å². The lowest BCUT2D eigenvalue weighted by atomic mass is 10.1. The van der Waals surface area contributed by atoms with Crippen molar-refractivity contribution in [2.75, 3.05) is 0 Å². The highest BCUT2D eigenvalue weighted by molar-refractivity contribution is 5.03. The number of hydrogen-bond acceptors (Lipinski definition) is 5. The zero-order valence-corrected chi connectivity index (χ0v) is 10.1. The molecule has 92 valence electrons. The Balaban J connectivity index is 2.04. The molecule has 1 unspecified atom stereocenters. The first-order valence-corrected chi connectivity index (χ1v) is 5.77. The highest BCUT2D eigenvalue weighted by Crippen LogP contribution is 2.18. The largest absolute Gasteiger partial charge is 0.348 e. The highest BCUT2D eigenvalue weighted by atomic mass is 16.5. The topological polar surface area (TPSA) is 93.6 Å². The number of rotatable bonds is 5. The first-order chi connectivity index (χ1) is 8.20. The van der Waals surface area contributed by atoms with Crippen LogP contribution in [0.4, 0.5) is 0 Å². The van der Waals surface area contributed by atoms with Crippen LogP contribution in [0.2, 0.25) is 0 Å². The monoisotopic (exact) mass is 235 g/mol. The zero-order chi connectivity index (χ0) is 12.3. The van der Waals surface area contributed by atoms with Gasteiger partial charge >= 0.3 is 0 Å². The molecule has 0 saturated heterocycles. The summed E-state index contributed by atoms with van der Waals surface area (Å²) in [6.45, 7) is 4.15. The molecule has 6 heteroatoms. The fraction of sp³-hybridized carbons (Fsp3) is 0.545. The van der Waals surface area contributed by atoms with Gasteiger partial charge in [-0.2, -0.15) is 4.98 Å². The van der Waals surface area contributed by atoms with E-state index in [2.05, 4.69) is 34.0 Å². The third-order valence-electron chi connectivity index (χ3n) is 2.82. The molecule has 0 saturated carbocycles. The molecule has 0 aliphatic heterocycles. The van der Waals surface area contributed by atoms with Gasteiger partial charge in [0.2, 0.25) is 5.89 Å². The first kappa shape index (κ1) is 11.8. The van der Waals surface area contributed by atoms with Crippen LogP contribution >= 0.6 is 0 Å². The predicted molar refractivity (Wildman–Crippen MR) is 62.2 cm³/mol. The Hall–Kier alpha value is -1.69. The summed E-state index contributed by atoms with van der Waals surface area (Å²) in [5.41, 5.74) is 6.96. The van der Waals surface area contributed by atoms with Crippen LogP contribution in [0.3, 0.4) is 0 Å². The molecule has 2 heterocycles. The smallest absolute Gasteiger partial charge is 0.243 e. The minimum atomic E-state index is -0.291. The van der Waals surface area contributed by atoms with Crippen LogP contribution in [-0.4, -0.2) is 20.1 Å². The van der Waals surface area contributed by atoms with Gasteiger partial charge < -0.3 is 15.2 Å². The summed E-state index contributed by atoms with van der Waals surface area (Å²) in [4.78, 5) is 11.3. The van der Waals surface area contributed by atoms with Crippen molar-refractivity contribution in [2.24, 2.45) is 5.73 Å². The van der Waals surface area contributed by atoms with E-state index in [1.54, 1.807) is 12.5 Å². The van der Waals surface area contributed by atoms with Crippen LogP contribution in [-0.2, 0) is 6.42 Å². The van der Waals surface area contributed by atoms with Crippen molar-refractivity contribution in [1.82, 2.24) is 20.1 Å². The average molecular weight is 235 g/mol. The lowest BCUT2D eigenvalue weighted by Gasteiger charge is -2.04. The van der Waals surface area contributed by atoms with Gasteiger partial charge in [0.05, 0.1) is 12.4 Å². The van der Waals surface area contributed by atoms with Gasteiger partial charge in [-0.25, -0.2) is 4.98 Å². The minimum Gasteiger partial charge on any atom is -0.348 e. The fourth-order valence-electron chi connectivity index (χ4n) is 1.50. The number of aromatic amines is 1. The molecule has 2 aromatic rings. The third-order valence-corrected chi connectivity index (χ3v) is 2.82. The molecular weight excluding hydrogens is 218 g/mol. The summed E-state index contributed by atoms with van der Waals surface area (Å²) in [6, 6.07) is -0.291. The molecule has 0 amide bonds. The Labute approximate surface area is 99.6 Å². The number of hydrogen-bond donors (Lipinski definition) is 2.